The molecule has 1 saturated heterocycles. The summed E-state index contributed by atoms with van der Waals surface area (Å²) in [5.41, 5.74) is 0.799. The van der Waals surface area contributed by atoms with Crippen molar-refractivity contribution >= 4 is 21.6 Å². The summed E-state index contributed by atoms with van der Waals surface area (Å²) in [6.07, 6.45) is 1.03. The van der Waals surface area contributed by atoms with Gasteiger partial charge in [-0.25, -0.2) is 12.8 Å². The van der Waals surface area contributed by atoms with Gasteiger partial charge in [0.15, 0.2) is 0 Å². The average molecular weight is 390 g/mol. The molecule has 2 unspecified atom stereocenters. The molecule has 0 aromatic heterocycles. The van der Waals surface area contributed by atoms with E-state index in [0.29, 0.717) is 36.2 Å². The number of nitrogens with zero attached hydrogens (tertiary/aromatic N) is 1. The number of piperidine rings is 1. The topological polar surface area (TPSA) is 66.5 Å². The molecule has 5 nitrogen and oxygen atoms in total. The Balaban J connectivity index is 1.72. The molecule has 1 N–H and O–H groups in total. The van der Waals surface area contributed by atoms with Crippen LogP contribution in [0.5, 0.6) is 0 Å². The summed E-state index contributed by atoms with van der Waals surface area (Å²) in [5, 5.41) is 2.68. The number of hydrogen-bond donors (Lipinski definition) is 1. The van der Waals surface area contributed by atoms with Crippen LogP contribution >= 0.6 is 0 Å². The van der Waals surface area contributed by atoms with Crippen LogP contribution in [0.4, 0.5) is 10.1 Å². The fraction of sp³-hybridized carbons (Fsp3) is 0.350. The van der Waals surface area contributed by atoms with Crippen molar-refractivity contribution in [1.29, 1.82) is 0 Å². The summed E-state index contributed by atoms with van der Waals surface area (Å²) in [6, 6.07) is 11.3. The van der Waals surface area contributed by atoms with E-state index in [2.05, 4.69) is 19.2 Å². The highest BCUT2D eigenvalue weighted by atomic mass is 32.2. The Labute approximate surface area is 159 Å². The number of halogens is 1. The van der Waals surface area contributed by atoms with Gasteiger partial charge in [-0.1, -0.05) is 13.8 Å². The minimum atomic E-state index is -3.55. The molecule has 2 aromatic rings. The summed E-state index contributed by atoms with van der Waals surface area (Å²) < 4.78 is 40.2. The zero-order valence-corrected chi connectivity index (χ0v) is 16.2. The van der Waals surface area contributed by atoms with Gasteiger partial charge in [0.05, 0.1) is 4.90 Å². The van der Waals surface area contributed by atoms with Crippen molar-refractivity contribution in [3.8, 4) is 0 Å². The largest absolute Gasteiger partial charge is 0.322 e. The minimum Gasteiger partial charge on any atom is -0.322 e. The molecule has 27 heavy (non-hydrogen) atoms. The van der Waals surface area contributed by atoms with Crippen molar-refractivity contribution in [2.45, 2.75) is 25.2 Å². The van der Waals surface area contributed by atoms with Gasteiger partial charge in [-0.05, 0) is 66.8 Å². The van der Waals surface area contributed by atoms with Crippen LogP contribution in [0.3, 0.4) is 0 Å². The minimum absolute atomic E-state index is 0.212. The summed E-state index contributed by atoms with van der Waals surface area (Å²) in [6.45, 7) is 5.17. The molecular formula is C20H23FN2O3S. The van der Waals surface area contributed by atoms with Gasteiger partial charge >= 0.3 is 0 Å². The maximum atomic E-state index is 12.9. The monoisotopic (exact) mass is 390 g/mol. The summed E-state index contributed by atoms with van der Waals surface area (Å²) in [7, 11) is -3.55. The summed E-state index contributed by atoms with van der Waals surface area (Å²) in [4.78, 5) is 12.4. The van der Waals surface area contributed by atoms with Crippen LogP contribution in [0.1, 0.15) is 30.6 Å². The molecule has 1 aliphatic rings. The van der Waals surface area contributed by atoms with Crippen molar-refractivity contribution in [3.63, 3.8) is 0 Å². The Morgan fingerprint density at radius 2 is 1.56 bits per heavy atom. The van der Waals surface area contributed by atoms with Crippen LogP contribution in [0.25, 0.3) is 0 Å². The number of carbonyl (C=O) groups excluding carboxylic acids is 1. The van der Waals surface area contributed by atoms with Crippen molar-refractivity contribution in [1.82, 2.24) is 4.31 Å². The number of sulfonamides is 1. The van der Waals surface area contributed by atoms with E-state index in [4.69, 9.17) is 0 Å². The summed E-state index contributed by atoms with van der Waals surface area (Å²) in [5.74, 6) is -0.137. The quantitative estimate of drug-likeness (QED) is 0.865. The molecule has 0 radical (unpaired) electrons. The first-order valence-electron chi connectivity index (χ1n) is 8.93. The SMILES string of the molecule is CC1CC(C)CN(S(=O)(=O)c2ccc(NC(=O)c3ccc(F)cc3)cc2)C1. The molecule has 0 spiro atoms. The Bertz CT molecular complexity index is 901. The number of nitrogens with one attached hydrogen (secondary N) is 1. The van der Waals surface area contributed by atoms with Crippen LogP contribution in [-0.4, -0.2) is 31.7 Å². The van der Waals surface area contributed by atoms with Crippen LogP contribution < -0.4 is 5.32 Å². The molecule has 0 aliphatic carbocycles. The Morgan fingerprint density at radius 3 is 2.11 bits per heavy atom. The Kier molecular flexibility index (Phi) is 5.62. The maximum Gasteiger partial charge on any atom is 0.255 e. The van der Waals surface area contributed by atoms with Crippen LogP contribution in [0, 0.1) is 17.7 Å². The second kappa shape index (κ2) is 7.78. The molecule has 1 aliphatic heterocycles. The van der Waals surface area contributed by atoms with Gasteiger partial charge in [0.2, 0.25) is 10.0 Å². The van der Waals surface area contributed by atoms with Crippen molar-refractivity contribution in [2.75, 3.05) is 18.4 Å². The third-order valence-electron chi connectivity index (χ3n) is 4.69. The third-order valence-corrected chi connectivity index (χ3v) is 6.54. The molecular weight excluding hydrogens is 367 g/mol. The second-order valence-corrected chi connectivity index (χ2v) is 9.19. The standard InChI is InChI=1S/C20H23FN2O3S/c1-14-11-15(2)13-23(12-14)27(25,26)19-9-7-18(8-10-19)22-20(24)16-3-5-17(21)6-4-16/h3-10,14-15H,11-13H2,1-2H3,(H,22,24). The lowest BCUT2D eigenvalue weighted by atomic mass is 9.94. The van der Waals surface area contributed by atoms with Gasteiger partial charge in [0.1, 0.15) is 5.82 Å². The molecule has 2 atom stereocenters. The average Bonchev–Trinajstić information content (AvgIpc) is 2.62. The Morgan fingerprint density at radius 1 is 1.00 bits per heavy atom. The van der Waals surface area contributed by atoms with E-state index < -0.39 is 15.8 Å². The van der Waals surface area contributed by atoms with E-state index in [1.165, 1.54) is 40.7 Å². The molecule has 144 valence electrons. The predicted molar refractivity (Wildman–Crippen MR) is 102 cm³/mol. The fourth-order valence-electron chi connectivity index (χ4n) is 3.47. The molecule has 2 aromatic carbocycles. The number of anilines is 1. The highest BCUT2D eigenvalue weighted by Crippen LogP contribution is 2.27. The summed E-state index contributed by atoms with van der Waals surface area (Å²) >= 11 is 0. The maximum absolute atomic E-state index is 12.9. The first-order valence-corrected chi connectivity index (χ1v) is 10.4. The lowest BCUT2D eigenvalue weighted by molar-refractivity contribution is 0.102. The highest BCUT2D eigenvalue weighted by molar-refractivity contribution is 7.89. The second-order valence-electron chi connectivity index (χ2n) is 7.25. The van der Waals surface area contributed by atoms with Gasteiger partial charge < -0.3 is 5.32 Å². The predicted octanol–water partition coefficient (Wildman–Crippen LogP) is 3.74. The molecule has 0 saturated carbocycles. The highest BCUT2D eigenvalue weighted by Gasteiger charge is 2.31. The number of amides is 1. The first kappa shape index (κ1) is 19.5. The molecule has 1 amide bonds. The number of hydrogen-bond acceptors (Lipinski definition) is 3. The molecule has 0 bridgehead atoms. The third kappa shape index (κ3) is 4.54. The van der Waals surface area contributed by atoms with E-state index in [9.17, 15) is 17.6 Å². The molecule has 3 rings (SSSR count). The number of rotatable bonds is 4. The van der Waals surface area contributed by atoms with E-state index in [1.807, 2.05) is 0 Å². The van der Waals surface area contributed by atoms with Crippen molar-refractivity contribution < 1.29 is 17.6 Å². The first-order chi connectivity index (χ1) is 12.8. The number of benzene rings is 2. The lowest BCUT2D eigenvalue weighted by Gasteiger charge is -2.34. The Hall–Kier alpha value is -2.25. The fourth-order valence-corrected chi connectivity index (χ4v) is 5.15. The van der Waals surface area contributed by atoms with E-state index >= 15 is 0 Å². The van der Waals surface area contributed by atoms with Crippen LogP contribution in [0.2, 0.25) is 0 Å². The van der Waals surface area contributed by atoms with Crippen LogP contribution in [0.15, 0.2) is 53.4 Å². The van der Waals surface area contributed by atoms with Gasteiger partial charge in [0, 0.05) is 24.3 Å². The van der Waals surface area contributed by atoms with Crippen LogP contribution in [-0.2, 0) is 10.0 Å². The smallest absolute Gasteiger partial charge is 0.255 e. The van der Waals surface area contributed by atoms with Crippen molar-refractivity contribution in [2.24, 2.45) is 11.8 Å². The molecule has 1 fully saturated rings. The van der Waals surface area contributed by atoms with Gasteiger partial charge in [-0.3, -0.25) is 4.79 Å². The van der Waals surface area contributed by atoms with Crippen molar-refractivity contribution in [3.05, 3.63) is 59.9 Å². The molecule has 1 heterocycles. The number of carbonyl (C=O) groups is 1. The lowest BCUT2D eigenvalue weighted by Crippen LogP contribution is -2.42. The zero-order valence-electron chi connectivity index (χ0n) is 15.4. The van der Waals surface area contributed by atoms with E-state index in [1.54, 1.807) is 12.1 Å². The van der Waals surface area contributed by atoms with Gasteiger partial charge in [0.25, 0.3) is 5.91 Å². The zero-order chi connectivity index (χ0) is 19.6. The van der Waals surface area contributed by atoms with Gasteiger partial charge in [-0.2, -0.15) is 4.31 Å². The molecule has 7 heteroatoms. The van der Waals surface area contributed by atoms with E-state index in [0.717, 1.165) is 6.42 Å². The van der Waals surface area contributed by atoms with Gasteiger partial charge in [-0.15, -0.1) is 0 Å². The van der Waals surface area contributed by atoms with E-state index in [-0.39, 0.29) is 10.8 Å². The normalized spacial score (nSPS) is 21.0.